The van der Waals surface area contributed by atoms with Crippen LogP contribution in [-0.4, -0.2) is 9.97 Å². The van der Waals surface area contributed by atoms with Crippen molar-refractivity contribution in [2.24, 2.45) is 0 Å². The van der Waals surface area contributed by atoms with Crippen molar-refractivity contribution in [2.45, 2.75) is 12.8 Å². The van der Waals surface area contributed by atoms with Crippen molar-refractivity contribution in [3.63, 3.8) is 0 Å². The molecule has 4 aromatic rings. The van der Waals surface area contributed by atoms with Crippen LogP contribution in [0.2, 0.25) is 10.0 Å². The molecule has 9 heteroatoms. The molecule has 170 valence electrons. The quantitative estimate of drug-likeness (QED) is 0.269. The Morgan fingerprint density at radius 2 is 1.62 bits per heavy atom. The van der Waals surface area contributed by atoms with Gasteiger partial charge in [0.1, 0.15) is 17.8 Å². The van der Waals surface area contributed by atoms with Crippen molar-refractivity contribution in [3.8, 4) is 6.07 Å². The van der Waals surface area contributed by atoms with E-state index in [2.05, 4.69) is 26.7 Å². The summed E-state index contributed by atoms with van der Waals surface area (Å²) in [6.07, 6.45) is 1.36. The number of halogens is 3. The van der Waals surface area contributed by atoms with Gasteiger partial charge in [0, 0.05) is 21.4 Å². The van der Waals surface area contributed by atoms with Gasteiger partial charge in [-0.2, -0.15) is 5.26 Å². The molecule has 0 aliphatic heterocycles. The van der Waals surface area contributed by atoms with Gasteiger partial charge in [0.25, 0.3) is 0 Å². The fourth-order valence-electron chi connectivity index (χ4n) is 3.43. The molecule has 0 fully saturated rings. The standard InChI is InChI=1S/C25H19Cl2FN6/c1-14-10-19(20(12-29)15-2-4-16(26)5-3-15)21(27)11-22(14)34-25-23(30)24(31-13-32-25)33-18-8-6-17(28)7-9-18/h2-11,13,20H,30H2,1H3,(H2,31,32,33,34). The second-order valence-corrected chi connectivity index (χ2v) is 8.39. The third-order valence-corrected chi connectivity index (χ3v) is 5.81. The van der Waals surface area contributed by atoms with Crippen LogP contribution in [0.15, 0.2) is 67.0 Å². The van der Waals surface area contributed by atoms with Crippen molar-refractivity contribution in [3.05, 3.63) is 99.5 Å². The number of nitrogens with one attached hydrogen (secondary N) is 2. The minimum absolute atomic E-state index is 0.280. The molecule has 0 aliphatic carbocycles. The molecule has 1 aromatic heterocycles. The van der Waals surface area contributed by atoms with E-state index >= 15 is 0 Å². The fraction of sp³-hybridized carbons (Fsp3) is 0.0800. The van der Waals surface area contributed by atoms with Gasteiger partial charge in [0.15, 0.2) is 11.6 Å². The van der Waals surface area contributed by atoms with Gasteiger partial charge in [-0.3, -0.25) is 0 Å². The van der Waals surface area contributed by atoms with E-state index in [0.717, 1.165) is 11.1 Å². The normalized spacial score (nSPS) is 11.5. The Kier molecular flexibility index (Phi) is 6.82. The third-order valence-electron chi connectivity index (χ3n) is 5.23. The Bertz CT molecular complexity index is 1370. The fourth-order valence-corrected chi connectivity index (χ4v) is 3.83. The van der Waals surface area contributed by atoms with E-state index in [1.165, 1.54) is 18.5 Å². The lowest BCUT2D eigenvalue weighted by atomic mass is 9.91. The van der Waals surface area contributed by atoms with Gasteiger partial charge in [-0.1, -0.05) is 41.4 Å². The lowest BCUT2D eigenvalue weighted by Crippen LogP contribution is -2.06. The number of aryl methyl sites for hydroxylation is 1. The molecular weight excluding hydrogens is 474 g/mol. The molecule has 0 bridgehead atoms. The molecule has 0 aliphatic rings. The van der Waals surface area contributed by atoms with Crippen molar-refractivity contribution in [1.82, 2.24) is 9.97 Å². The molecule has 0 spiro atoms. The van der Waals surface area contributed by atoms with Crippen molar-refractivity contribution < 1.29 is 4.39 Å². The van der Waals surface area contributed by atoms with Gasteiger partial charge in [0.05, 0.1) is 12.0 Å². The summed E-state index contributed by atoms with van der Waals surface area (Å²) < 4.78 is 13.2. The average molecular weight is 493 g/mol. The summed E-state index contributed by atoms with van der Waals surface area (Å²) in [7, 11) is 0. The molecule has 3 aromatic carbocycles. The highest BCUT2D eigenvalue weighted by molar-refractivity contribution is 6.32. The number of rotatable bonds is 6. The molecule has 0 saturated heterocycles. The summed E-state index contributed by atoms with van der Waals surface area (Å²) in [5, 5.41) is 17.1. The van der Waals surface area contributed by atoms with E-state index in [4.69, 9.17) is 28.9 Å². The zero-order valence-electron chi connectivity index (χ0n) is 18.0. The number of nitriles is 1. The Hall–Kier alpha value is -3.86. The third kappa shape index (κ3) is 5.04. The Morgan fingerprint density at radius 3 is 2.26 bits per heavy atom. The van der Waals surface area contributed by atoms with Gasteiger partial charge in [-0.05, 0) is 66.1 Å². The first-order chi connectivity index (χ1) is 16.4. The Labute approximate surface area is 206 Å². The van der Waals surface area contributed by atoms with Gasteiger partial charge < -0.3 is 16.4 Å². The van der Waals surface area contributed by atoms with E-state index in [1.807, 2.05) is 25.1 Å². The predicted octanol–water partition coefficient (Wildman–Crippen LogP) is 6.96. The maximum Gasteiger partial charge on any atom is 0.159 e. The number of aromatic nitrogens is 2. The van der Waals surface area contributed by atoms with Crippen molar-refractivity contribution in [2.75, 3.05) is 16.4 Å². The summed E-state index contributed by atoms with van der Waals surface area (Å²) in [5.41, 5.74) is 10.2. The van der Waals surface area contributed by atoms with Crippen LogP contribution in [-0.2, 0) is 0 Å². The molecule has 1 atom stereocenters. The van der Waals surface area contributed by atoms with Crippen LogP contribution in [0.25, 0.3) is 0 Å². The predicted molar refractivity (Wildman–Crippen MR) is 135 cm³/mol. The van der Waals surface area contributed by atoms with Crippen LogP contribution in [0.4, 0.5) is 33.1 Å². The van der Waals surface area contributed by atoms with Crippen LogP contribution in [0.1, 0.15) is 22.6 Å². The minimum atomic E-state index is -0.548. The Morgan fingerprint density at radius 1 is 0.971 bits per heavy atom. The van der Waals surface area contributed by atoms with Crippen LogP contribution in [0, 0.1) is 24.1 Å². The molecule has 6 nitrogen and oxygen atoms in total. The van der Waals surface area contributed by atoms with E-state index in [0.29, 0.717) is 38.6 Å². The second-order valence-electron chi connectivity index (χ2n) is 7.54. The molecule has 1 heterocycles. The highest BCUT2D eigenvalue weighted by Crippen LogP contribution is 2.36. The van der Waals surface area contributed by atoms with E-state index in [9.17, 15) is 9.65 Å². The Balaban J connectivity index is 1.61. The summed E-state index contributed by atoms with van der Waals surface area (Å²) in [6, 6.07) is 18.9. The zero-order valence-corrected chi connectivity index (χ0v) is 19.5. The summed E-state index contributed by atoms with van der Waals surface area (Å²) in [5.74, 6) is -0.139. The monoisotopic (exact) mass is 492 g/mol. The first kappa shape index (κ1) is 23.3. The minimum Gasteiger partial charge on any atom is -0.393 e. The average Bonchev–Trinajstić information content (AvgIpc) is 2.82. The second kappa shape index (κ2) is 9.96. The summed E-state index contributed by atoms with van der Waals surface area (Å²) >= 11 is 12.6. The van der Waals surface area contributed by atoms with Crippen LogP contribution in [0.3, 0.4) is 0 Å². The highest BCUT2D eigenvalue weighted by atomic mass is 35.5. The van der Waals surface area contributed by atoms with Gasteiger partial charge in [0.2, 0.25) is 0 Å². The topological polar surface area (TPSA) is 99.6 Å². The van der Waals surface area contributed by atoms with E-state index in [-0.39, 0.29) is 11.5 Å². The molecule has 0 saturated carbocycles. The first-order valence-electron chi connectivity index (χ1n) is 10.2. The number of benzene rings is 3. The number of anilines is 5. The first-order valence-corrected chi connectivity index (χ1v) is 11.0. The molecule has 34 heavy (non-hydrogen) atoms. The van der Waals surface area contributed by atoms with Gasteiger partial charge in [-0.25, -0.2) is 14.4 Å². The number of hydrogen-bond acceptors (Lipinski definition) is 6. The number of nitrogens with two attached hydrogens (primary N) is 1. The smallest absolute Gasteiger partial charge is 0.159 e. The maximum atomic E-state index is 13.2. The van der Waals surface area contributed by atoms with Crippen LogP contribution in [0.5, 0.6) is 0 Å². The lowest BCUT2D eigenvalue weighted by Gasteiger charge is -2.17. The largest absolute Gasteiger partial charge is 0.393 e. The highest BCUT2D eigenvalue weighted by Gasteiger charge is 2.19. The summed E-state index contributed by atoms with van der Waals surface area (Å²) in [6.45, 7) is 1.90. The van der Waals surface area contributed by atoms with Crippen molar-refractivity contribution in [1.29, 1.82) is 5.26 Å². The number of hydrogen-bond donors (Lipinski definition) is 3. The van der Waals surface area contributed by atoms with Gasteiger partial charge >= 0.3 is 0 Å². The van der Waals surface area contributed by atoms with E-state index < -0.39 is 5.92 Å². The SMILES string of the molecule is Cc1cc(C(C#N)c2ccc(Cl)cc2)c(Cl)cc1Nc1ncnc(Nc2ccc(F)cc2)c1N. The van der Waals surface area contributed by atoms with Gasteiger partial charge in [-0.15, -0.1) is 0 Å². The molecule has 4 N–H and O–H groups in total. The summed E-state index contributed by atoms with van der Waals surface area (Å²) in [4.78, 5) is 8.41. The molecule has 0 amide bonds. The van der Waals surface area contributed by atoms with E-state index in [1.54, 1.807) is 30.3 Å². The molecule has 0 radical (unpaired) electrons. The zero-order chi connectivity index (χ0) is 24.2. The molecular formula is C25H19Cl2FN6. The number of nitrogens with zero attached hydrogens (tertiary/aromatic N) is 3. The molecule has 1 unspecified atom stereocenters. The number of nitrogen functional groups attached to an aromatic ring is 1. The van der Waals surface area contributed by atoms with Crippen LogP contribution < -0.4 is 16.4 Å². The lowest BCUT2D eigenvalue weighted by molar-refractivity contribution is 0.628. The van der Waals surface area contributed by atoms with Crippen molar-refractivity contribution >= 4 is 51.9 Å². The maximum absolute atomic E-state index is 13.2. The van der Waals surface area contributed by atoms with Crippen LogP contribution >= 0.6 is 23.2 Å². The molecule has 4 rings (SSSR count).